The van der Waals surface area contributed by atoms with Crippen LogP contribution in [0.1, 0.15) is 34.5 Å². The highest BCUT2D eigenvalue weighted by Crippen LogP contribution is 2.40. The molecule has 2 bridgehead atoms. The third-order valence-electron chi connectivity index (χ3n) is 6.26. The number of hydrogen-bond acceptors (Lipinski definition) is 5. The van der Waals surface area contributed by atoms with Crippen molar-refractivity contribution in [2.45, 2.75) is 38.8 Å². The van der Waals surface area contributed by atoms with Gasteiger partial charge in [0.25, 0.3) is 5.91 Å². The van der Waals surface area contributed by atoms with E-state index in [-0.39, 0.29) is 18.0 Å². The Labute approximate surface area is 176 Å². The van der Waals surface area contributed by atoms with Crippen molar-refractivity contribution in [3.8, 4) is 11.3 Å². The van der Waals surface area contributed by atoms with Crippen LogP contribution in [0, 0.1) is 19.8 Å². The summed E-state index contributed by atoms with van der Waals surface area (Å²) in [6.45, 7) is 4.83. The molecule has 3 atom stereocenters. The van der Waals surface area contributed by atoms with Crippen molar-refractivity contribution >= 4 is 11.7 Å². The number of nitrogens with zero attached hydrogens (tertiary/aromatic N) is 4. The van der Waals surface area contributed by atoms with Crippen LogP contribution in [-0.2, 0) is 0 Å². The smallest absolute Gasteiger partial charge is 0.273 e. The molecule has 2 aliphatic rings. The van der Waals surface area contributed by atoms with E-state index < -0.39 is 0 Å². The van der Waals surface area contributed by atoms with Gasteiger partial charge in [-0.15, -0.1) is 0 Å². The lowest BCUT2D eigenvalue weighted by atomic mass is 10.0. The van der Waals surface area contributed by atoms with E-state index in [1.165, 1.54) is 0 Å². The number of carbonyl (C=O) groups is 1. The van der Waals surface area contributed by atoms with Gasteiger partial charge in [-0.1, -0.05) is 12.1 Å². The molecular formula is C24H25N5O. The van der Waals surface area contributed by atoms with Crippen molar-refractivity contribution < 1.29 is 4.79 Å². The predicted octanol–water partition coefficient (Wildman–Crippen LogP) is 3.87. The molecule has 2 fully saturated rings. The molecule has 1 saturated heterocycles. The molecule has 6 heteroatoms. The van der Waals surface area contributed by atoms with Crippen LogP contribution in [0.4, 0.5) is 5.82 Å². The van der Waals surface area contributed by atoms with E-state index in [1.54, 1.807) is 12.4 Å². The molecule has 152 valence electrons. The first-order valence-electron chi connectivity index (χ1n) is 10.5. The summed E-state index contributed by atoms with van der Waals surface area (Å²) in [6, 6.07) is 12.2. The fourth-order valence-electron chi connectivity index (χ4n) is 4.83. The number of nitrogens with one attached hydrogen (secondary N) is 1. The molecule has 0 spiro atoms. The Balaban J connectivity index is 1.41. The molecule has 30 heavy (non-hydrogen) atoms. The van der Waals surface area contributed by atoms with E-state index in [9.17, 15) is 4.79 Å². The van der Waals surface area contributed by atoms with Gasteiger partial charge in [0.15, 0.2) is 0 Å². The fourth-order valence-corrected chi connectivity index (χ4v) is 4.83. The number of fused-ring (bicyclic) bond motifs is 2. The van der Waals surface area contributed by atoms with Gasteiger partial charge in [-0.2, -0.15) is 0 Å². The zero-order valence-corrected chi connectivity index (χ0v) is 17.2. The van der Waals surface area contributed by atoms with Crippen LogP contribution >= 0.6 is 0 Å². The number of amides is 1. The minimum absolute atomic E-state index is 0.00785. The normalized spacial score (nSPS) is 22.3. The summed E-state index contributed by atoms with van der Waals surface area (Å²) in [6.07, 6.45) is 7.41. The van der Waals surface area contributed by atoms with Crippen LogP contribution < -0.4 is 5.32 Å². The summed E-state index contributed by atoms with van der Waals surface area (Å²) < 4.78 is 0. The molecule has 6 nitrogen and oxygen atoms in total. The van der Waals surface area contributed by atoms with E-state index >= 15 is 0 Å². The third kappa shape index (κ3) is 3.32. The molecule has 3 aromatic heterocycles. The van der Waals surface area contributed by atoms with Crippen LogP contribution in [-0.4, -0.2) is 44.4 Å². The van der Waals surface area contributed by atoms with Gasteiger partial charge in [0, 0.05) is 36.7 Å². The monoisotopic (exact) mass is 399 g/mol. The Morgan fingerprint density at radius 1 is 1.03 bits per heavy atom. The largest absolute Gasteiger partial charge is 0.365 e. The van der Waals surface area contributed by atoms with Crippen molar-refractivity contribution in [2.24, 2.45) is 5.92 Å². The highest BCUT2D eigenvalue weighted by atomic mass is 16.2. The molecule has 3 unspecified atom stereocenters. The highest BCUT2D eigenvalue weighted by molar-refractivity contribution is 5.99. The van der Waals surface area contributed by atoms with Crippen molar-refractivity contribution in [3.63, 3.8) is 0 Å². The number of likely N-dealkylation sites (tertiary alicyclic amines) is 1. The lowest BCUT2D eigenvalue weighted by molar-refractivity contribution is 0.0687. The minimum Gasteiger partial charge on any atom is -0.365 e. The van der Waals surface area contributed by atoms with Crippen molar-refractivity contribution in [3.05, 3.63) is 71.8 Å². The van der Waals surface area contributed by atoms with E-state index in [4.69, 9.17) is 0 Å². The second kappa shape index (κ2) is 7.52. The van der Waals surface area contributed by atoms with Gasteiger partial charge < -0.3 is 10.2 Å². The maximum Gasteiger partial charge on any atom is 0.273 e. The van der Waals surface area contributed by atoms with E-state index in [0.29, 0.717) is 11.6 Å². The zero-order chi connectivity index (χ0) is 20.7. The lowest BCUT2D eigenvalue weighted by Gasteiger charge is -2.34. The van der Waals surface area contributed by atoms with Gasteiger partial charge in [0.1, 0.15) is 11.5 Å². The number of piperidine rings is 1. The standard InChI is InChI=1S/C24H25N5O/c1-15-7-8-21(27-13-15)28-19-11-17-12-20(19)29(14-17)24(30)23-18(6-4-10-26-23)22-16(2)5-3-9-25-22/h3-10,13,17,19-20H,11-12,14H2,1-2H3,(H,27,28). The van der Waals surface area contributed by atoms with Gasteiger partial charge in [-0.05, 0) is 68.0 Å². The number of rotatable bonds is 4. The average Bonchev–Trinajstić information content (AvgIpc) is 3.36. The molecule has 1 N–H and O–H groups in total. The quantitative estimate of drug-likeness (QED) is 0.721. The molecule has 1 saturated carbocycles. The predicted molar refractivity (Wildman–Crippen MR) is 116 cm³/mol. The summed E-state index contributed by atoms with van der Waals surface area (Å²) in [5, 5.41) is 3.55. The Kier molecular flexibility index (Phi) is 4.69. The number of aryl methyl sites for hydroxylation is 2. The van der Waals surface area contributed by atoms with Crippen LogP contribution in [0.25, 0.3) is 11.3 Å². The van der Waals surface area contributed by atoms with Crippen molar-refractivity contribution in [1.82, 2.24) is 19.9 Å². The van der Waals surface area contributed by atoms with E-state index in [2.05, 4.69) is 26.3 Å². The molecule has 1 aliphatic heterocycles. The third-order valence-corrected chi connectivity index (χ3v) is 6.26. The molecule has 0 aromatic carbocycles. The summed E-state index contributed by atoms with van der Waals surface area (Å²) >= 11 is 0. The Bertz CT molecular complexity index is 1080. The molecule has 1 amide bonds. The molecule has 3 aromatic rings. The topological polar surface area (TPSA) is 71.0 Å². The molecule has 5 rings (SSSR count). The summed E-state index contributed by atoms with van der Waals surface area (Å²) in [7, 11) is 0. The first-order valence-corrected chi connectivity index (χ1v) is 10.5. The second-order valence-electron chi connectivity index (χ2n) is 8.40. The van der Waals surface area contributed by atoms with E-state index in [0.717, 1.165) is 47.6 Å². The van der Waals surface area contributed by atoms with Crippen LogP contribution in [0.5, 0.6) is 0 Å². The number of aromatic nitrogens is 3. The Morgan fingerprint density at radius 3 is 2.63 bits per heavy atom. The van der Waals surface area contributed by atoms with Gasteiger partial charge in [-0.3, -0.25) is 14.8 Å². The summed E-state index contributed by atoms with van der Waals surface area (Å²) in [5.74, 6) is 1.38. The maximum absolute atomic E-state index is 13.6. The summed E-state index contributed by atoms with van der Waals surface area (Å²) in [4.78, 5) is 29.1. The second-order valence-corrected chi connectivity index (χ2v) is 8.40. The molecular weight excluding hydrogens is 374 g/mol. The molecule has 0 radical (unpaired) electrons. The fraction of sp³-hybridized carbons (Fsp3) is 0.333. The molecule has 4 heterocycles. The van der Waals surface area contributed by atoms with Gasteiger partial charge in [0.2, 0.25) is 0 Å². The number of hydrogen-bond donors (Lipinski definition) is 1. The first kappa shape index (κ1) is 18.7. The van der Waals surface area contributed by atoms with Gasteiger partial charge in [-0.25, -0.2) is 4.98 Å². The van der Waals surface area contributed by atoms with Crippen molar-refractivity contribution in [1.29, 1.82) is 0 Å². The van der Waals surface area contributed by atoms with E-state index in [1.807, 2.05) is 55.3 Å². The van der Waals surface area contributed by atoms with Crippen molar-refractivity contribution in [2.75, 3.05) is 11.9 Å². The zero-order valence-electron chi connectivity index (χ0n) is 17.2. The van der Waals surface area contributed by atoms with Crippen LogP contribution in [0.2, 0.25) is 0 Å². The maximum atomic E-state index is 13.6. The summed E-state index contributed by atoms with van der Waals surface area (Å²) in [5.41, 5.74) is 4.27. The minimum atomic E-state index is -0.00785. The average molecular weight is 399 g/mol. The Morgan fingerprint density at radius 2 is 1.87 bits per heavy atom. The first-order chi connectivity index (χ1) is 14.6. The van der Waals surface area contributed by atoms with Crippen LogP contribution in [0.15, 0.2) is 55.0 Å². The lowest BCUT2D eigenvalue weighted by Crippen LogP contribution is -2.48. The Hall–Kier alpha value is -3.28. The number of carbonyl (C=O) groups excluding carboxylic acids is 1. The number of anilines is 1. The van der Waals surface area contributed by atoms with Crippen LogP contribution in [0.3, 0.4) is 0 Å². The van der Waals surface area contributed by atoms with Gasteiger partial charge in [0.05, 0.1) is 11.7 Å². The highest BCUT2D eigenvalue weighted by Gasteiger charge is 2.47. The molecule has 1 aliphatic carbocycles. The SMILES string of the molecule is Cc1ccc(NC2CC3CC2N(C(=O)c2ncccc2-c2ncccc2C)C3)nc1. The number of pyridine rings is 3. The van der Waals surface area contributed by atoms with Gasteiger partial charge >= 0.3 is 0 Å².